The number of nitroso groups, excluding NO2 is 1. The molecule has 0 fully saturated rings. The van der Waals surface area contributed by atoms with Crippen LogP contribution in [0.5, 0.6) is 0 Å². The standard InChI is InChI=1S/C19H11Cl2IN2O3/c20-13-5-4-12(15(21)9-13)10-27-19(25)18-17(24-26)7-6-16(23-18)11-2-1-3-14(22)8-11/h1-9H,10H2. The summed E-state index contributed by atoms with van der Waals surface area (Å²) in [4.78, 5) is 27.8. The van der Waals surface area contributed by atoms with Crippen LogP contribution in [0.25, 0.3) is 11.3 Å². The zero-order valence-electron chi connectivity index (χ0n) is 13.7. The van der Waals surface area contributed by atoms with E-state index in [0.717, 1.165) is 9.13 Å². The Bertz CT molecular complexity index is 1030. The van der Waals surface area contributed by atoms with Gasteiger partial charge in [-0.3, -0.25) is 0 Å². The molecule has 8 heteroatoms. The van der Waals surface area contributed by atoms with Gasteiger partial charge in [0.25, 0.3) is 0 Å². The highest BCUT2D eigenvalue weighted by Gasteiger charge is 2.18. The van der Waals surface area contributed by atoms with Gasteiger partial charge in [0.2, 0.25) is 0 Å². The minimum Gasteiger partial charge on any atom is -0.456 e. The molecule has 0 amide bonds. The molecule has 0 radical (unpaired) electrons. The van der Waals surface area contributed by atoms with E-state index in [1.54, 1.807) is 24.3 Å². The number of pyridine rings is 1. The highest BCUT2D eigenvalue weighted by Crippen LogP contribution is 2.26. The fraction of sp³-hybridized carbons (Fsp3) is 0.0526. The third kappa shape index (κ3) is 4.82. The minimum absolute atomic E-state index is 0.0811. The summed E-state index contributed by atoms with van der Waals surface area (Å²) in [5, 5.41) is 3.73. The molecule has 0 saturated carbocycles. The van der Waals surface area contributed by atoms with Crippen LogP contribution in [0.3, 0.4) is 0 Å². The molecule has 0 saturated heterocycles. The molecule has 0 spiro atoms. The van der Waals surface area contributed by atoms with Crippen molar-refractivity contribution in [2.75, 3.05) is 0 Å². The molecule has 0 aliphatic heterocycles. The first kappa shape index (κ1) is 19.7. The van der Waals surface area contributed by atoms with Crippen LogP contribution in [-0.4, -0.2) is 11.0 Å². The lowest BCUT2D eigenvalue weighted by molar-refractivity contribution is 0.0467. The highest BCUT2D eigenvalue weighted by atomic mass is 127. The summed E-state index contributed by atoms with van der Waals surface area (Å²) in [6.45, 7) is -0.0811. The maximum absolute atomic E-state index is 12.5. The largest absolute Gasteiger partial charge is 0.456 e. The van der Waals surface area contributed by atoms with Crippen molar-refractivity contribution >= 4 is 57.4 Å². The van der Waals surface area contributed by atoms with Crippen molar-refractivity contribution in [2.45, 2.75) is 6.61 Å². The van der Waals surface area contributed by atoms with Gasteiger partial charge >= 0.3 is 5.97 Å². The number of ether oxygens (including phenoxy) is 1. The zero-order valence-corrected chi connectivity index (χ0v) is 17.3. The Morgan fingerprint density at radius 3 is 2.63 bits per heavy atom. The van der Waals surface area contributed by atoms with Crippen molar-refractivity contribution in [3.8, 4) is 11.3 Å². The van der Waals surface area contributed by atoms with Crippen LogP contribution in [0.2, 0.25) is 10.0 Å². The molecule has 136 valence electrons. The van der Waals surface area contributed by atoms with Gasteiger partial charge in [0.15, 0.2) is 5.69 Å². The van der Waals surface area contributed by atoms with Crippen molar-refractivity contribution in [1.29, 1.82) is 0 Å². The number of rotatable bonds is 5. The minimum atomic E-state index is -0.761. The van der Waals surface area contributed by atoms with Crippen molar-refractivity contribution in [1.82, 2.24) is 4.98 Å². The summed E-state index contributed by atoms with van der Waals surface area (Å²) in [5.41, 5.74) is 1.71. The Hall–Kier alpha value is -2.03. The zero-order chi connectivity index (χ0) is 19.4. The number of carbonyl (C=O) groups excluding carboxylic acids is 1. The molecule has 1 aromatic heterocycles. The molecule has 5 nitrogen and oxygen atoms in total. The second-order valence-electron chi connectivity index (χ2n) is 5.48. The number of benzene rings is 2. The van der Waals surface area contributed by atoms with Gasteiger partial charge in [-0.25, -0.2) is 9.78 Å². The van der Waals surface area contributed by atoms with Crippen molar-refractivity contribution in [2.24, 2.45) is 5.18 Å². The summed E-state index contributed by atoms with van der Waals surface area (Å²) in [7, 11) is 0. The van der Waals surface area contributed by atoms with Gasteiger partial charge in [-0.1, -0.05) is 41.4 Å². The first-order valence-corrected chi connectivity index (χ1v) is 9.53. The molecule has 27 heavy (non-hydrogen) atoms. The Morgan fingerprint density at radius 1 is 1.11 bits per heavy atom. The van der Waals surface area contributed by atoms with E-state index in [1.165, 1.54) is 6.07 Å². The molecule has 0 N–H and O–H groups in total. The van der Waals surface area contributed by atoms with Crippen LogP contribution in [0.15, 0.2) is 59.8 Å². The van der Waals surface area contributed by atoms with Crippen LogP contribution in [0, 0.1) is 8.48 Å². The van der Waals surface area contributed by atoms with Crippen LogP contribution < -0.4 is 0 Å². The molecule has 0 atom stereocenters. The van der Waals surface area contributed by atoms with Crippen molar-refractivity contribution in [3.63, 3.8) is 0 Å². The van der Waals surface area contributed by atoms with Crippen LogP contribution in [0.1, 0.15) is 16.1 Å². The summed E-state index contributed by atoms with van der Waals surface area (Å²) in [6.07, 6.45) is 0. The van der Waals surface area contributed by atoms with Crippen molar-refractivity contribution in [3.05, 3.63) is 84.4 Å². The topological polar surface area (TPSA) is 68.6 Å². The van der Waals surface area contributed by atoms with Gasteiger partial charge < -0.3 is 4.74 Å². The number of aromatic nitrogens is 1. The van der Waals surface area contributed by atoms with Gasteiger partial charge in [0.1, 0.15) is 12.3 Å². The predicted molar refractivity (Wildman–Crippen MR) is 113 cm³/mol. The van der Waals surface area contributed by atoms with E-state index in [4.69, 9.17) is 27.9 Å². The number of halogens is 3. The molecule has 0 aliphatic rings. The smallest absolute Gasteiger partial charge is 0.359 e. The van der Waals surface area contributed by atoms with Crippen LogP contribution >= 0.6 is 45.8 Å². The van der Waals surface area contributed by atoms with E-state index in [9.17, 15) is 9.70 Å². The van der Waals surface area contributed by atoms with E-state index in [-0.39, 0.29) is 18.0 Å². The molecule has 0 aliphatic carbocycles. The molecular formula is C19H11Cl2IN2O3. The number of hydrogen-bond donors (Lipinski definition) is 0. The summed E-state index contributed by atoms with van der Waals surface area (Å²) in [6, 6.07) is 15.5. The lowest BCUT2D eigenvalue weighted by atomic mass is 10.1. The van der Waals surface area contributed by atoms with E-state index < -0.39 is 5.97 Å². The fourth-order valence-corrected chi connectivity index (χ4v) is 3.34. The maximum atomic E-state index is 12.5. The van der Waals surface area contributed by atoms with Gasteiger partial charge in [0.05, 0.1) is 5.69 Å². The second-order valence-corrected chi connectivity index (χ2v) is 7.57. The highest BCUT2D eigenvalue weighted by molar-refractivity contribution is 14.1. The van der Waals surface area contributed by atoms with Gasteiger partial charge in [0, 0.05) is 24.7 Å². The third-order valence-electron chi connectivity index (χ3n) is 3.66. The van der Waals surface area contributed by atoms with E-state index in [2.05, 4.69) is 32.8 Å². The van der Waals surface area contributed by atoms with E-state index >= 15 is 0 Å². The first-order valence-electron chi connectivity index (χ1n) is 7.69. The summed E-state index contributed by atoms with van der Waals surface area (Å²) < 4.78 is 6.28. The lowest BCUT2D eigenvalue weighted by Gasteiger charge is -2.09. The third-order valence-corrected chi connectivity index (χ3v) is 4.92. The molecule has 0 unspecified atom stereocenters. The quantitative estimate of drug-likeness (QED) is 0.225. The van der Waals surface area contributed by atoms with Crippen LogP contribution in [-0.2, 0) is 11.3 Å². The average molecular weight is 513 g/mol. The second kappa shape index (κ2) is 8.77. The number of carbonyl (C=O) groups is 1. The van der Waals surface area contributed by atoms with Gasteiger partial charge in [-0.05, 0) is 64.2 Å². The average Bonchev–Trinajstić information content (AvgIpc) is 2.66. The Balaban J connectivity index is 1.86. The van der Waals surface area contributed by atoms with Gasteiger partial charge in [-0.15, -0.1) is 4.91 Å². The Labute approximate surface area is 178 Å². The normalized spacial score (nSPS) is 10.5. The molecule has 0 bridgehead atoms. The van der Waals surface area contributed by atoms with Gasteiger partial charge in [-0.2, -0.15) is 0 Å². The SMILES string of the molecule is O=Nc1ccc(-c2cccc(I)c2)nc1C(=O)OCc1ccc(Cl)cc1Cl. The van der Waals surface area contributed by atoms with Crippen molar-refractivity contribution < 1.29 is 9.53 Å². The molecular weight excluding hydrogens is 502 g/mol. The predicted octanol–water partition coefficient (Wildman–Crippen LogP) is 6.41. The van der Waals surface area contributed by atoms with E-state index in [1.807, 2.05) is 24.3 Å². The molecule has 3 rings (SSSR count). The first-order chi connectivity index (χ1) is 13.0. The monoisotopic (exact) mass is 512 g/mol. The fourth-order valence-electron chi connectivity index (χ4n) is 2.33. The summed E-state index contributed by atoms with van der Waals surface area (Å²) >= 11 is 14.1. The molecule has 1 heterocycles. The Kier molecular flexibility index (Phi) is 6.41. The number of nitrogens with zero attached hydrogens (tertiary/aromatic N) is 2. The number of esters is 1. The molecule has 3 aromatic rings. The summed E-state index contributed by atoms with van der Waals surface area (Å²) in [5.74, 6) is -0.761. The molecule has 2 aromatic carbocycles. The number of hydrogen-bond acceptors (Lipinski definition) is 5. The Morgan fingerprint density at radius 2 is 1.93 bits per heavy atom. The lowest BCUT2D eigenvalue weighted by Crippen LogP contribution is -2.08. The van der Waals surface area contributed by atoms with E-state index in [0.29, 0.717) is 21.3 Å². The maximum Gasteiger partial charge on any atom is 0.359 e. The van der Waals surface area contributed by atoms with Crippen LogP contribution in [0.4, 0.5) is 5.69 Å².